The monoisotopic (exact) mass is 223 g/mol. The molecule has 0 heterocycles. The van der Waals surface area contributed by atoms with Crippen LogP contribution in [0.4, 0.5) is 5.69 Å². The molecule has 0 saturated carbocycles. The molecule has 0 unspecified atom stereocenters. The van der Waals surface area contributed by atoms with Crippen LogP contribution in [0.2, 0.25) is 0 Å². The highest BCUT2D eigenvalue weighted by Crippen LogP contribution is 2.16. The Labute approximate surface area is 89.6 Å². The third-order valence-corrected chi connectivity index (χ3v) is 3.60. The van der Waals surface area contributed by atoms with Gasteiger partial charge in [-0.05, 0) is 32.0 Å². The predicted octanol–water partition coefficient (Wildman–Crippen LogP) is 1.51. The summed E-state index contributed by atoms with van der Waals surface area (Å²) in [6, 6.07) is 9.15. The number of nitriles is 1. The van der Waals surface area contributed by atoms with Gasteiger partial charge < -0.3 is 0 Å². The number of hydrogen-bond acceptors (Lipinski definition) is 3. The lowest BCUT2D eigenvalue weighted by Gasteiger charge is -2.11. The van der Waals surface area contributed by atoms with E-state index < -0.39 is 15.3 Å². The van der Waals surface area contributed by atoms with Crippen molar-refractivity contribution >= 4 is 15.7 Å². The molecule has 5 heteroatoms. The van der Waals surface area contributed by atoms with E-state index in [0.717, 1.165) is 0 Å². The van der Waals surface area contributed by atoms with E-state index in [0.29, 0.717) is 0 Å². The third-order valence-electron chi connectivity index (χ3n) is 1.86. The minimum absolute atomic E-state index is 0.272. The average molecular weight is 223 g/mol. The first-order valence-corrected chi connectivity index (χ1v) is 5.94. The third kappa shape index (κ3) is 2.70. The van der Waals surface area contributed by atoms with E-state index in [1.54, 1.807) is 19.9 Å². The molecule has 1 rings (SSSR count). The maximum absolute atomic E-state index is 11.5. The van der Waals surface area contributed by atoms with E-state index in [9.17, 15) is 8.42 Å². The minimum atomic E-state index is -3.40. The summed E-state index contributed by atoms with van der Waals surface area (Å²) in [4.78, 5) is 0. The van der Waals surface area contributed by atoms with E-state index in [1.807, 2.05) is 6.07 Å². The minimum Gasteiger partial charge on any atom is -0.282 e. The van der Waals surface area contributed by atoms with Gasteiger partial charge in [0, 0.05) is 0 Å². The van der Waals surface area contributed by atoms with Gasteiger partial charge >= 0.3 is 0 Å². The summed E-state index contributed by atoms with van der Waals surface area (Å²) in [6.07, 6.45) is 0. The van der Waals surface area contributed by atoms with Gasteiger partial charge in [0.2, 0.25) is 10.0 Å². The smallest absolute Gasteiger partial charge is 0.235 e. The Hall–Kier alpha value is -1.54. The lowest BCUT2D eigenvalue weighted by molar-refractivity contribution is 0.593. The molecule has 0 aliphatic carbocycles. The molecule has 0 bridgehead atoms. The van der Waals surface area contributed by atoms with Crippen LogP contribution in [0.3, 0.4) is 0 Å². The molecule has 15 heavy (non-hydrogen) atoms. The van der Waals surface area contributed by atoms with Crippen molar-refractivity contribution in [3.63, 3.8) is 0 Å². The fraction of sp³-hybridized carbons (Fsp3) is 0.300. The Kier molecular flexibility index (Phi) is 3.32. The normalized spacial score (nSPS) is 11.1. The number of nitrogens with one attached hydrogen (secondary N) is 1. The fourth-order valence-corrected chi connectivity index (χ4v) is 1.59. The van der Waals surface area contributed by atoms with E-state index in [4.69, 9.17) is 5.26 Å². The number of nitrogens with zero attached hydrogens (tertiary/aromatic N) is 1. The van der Waals surface area contributed by atoms with Crippen LogP contribution in [0.5, 0.6) is 0 Å². The molecule has 1 N–H and O–H groups in total. The van der Waals surface area contributed by atoms with Crippen LogP contribution < -0.4 is 4.72 Å². The lowest BCUT2D eigenvalue weighted by atomic mass is 10.2. The van der Waals surface area contributed by atoms with Gasteiger partial charge in [0.1, 0.15) is 6.07 Å². The maximum atomic E-state index is 11.5. The van der Waals surface area contributed by atoms with E-state index >= 15 is 0 Å². The zero-order chi connectivity index (χ0) is 11.5. The maximum Gasteiger partial charge on any atom is 0.235 e. The Bertz CT molecular complexity index is 486. The zero-order valence-electron chi connectivity index (χ0n) is 8.48. The summed E-state index contributed by atoms with van der Waals surface area (Å²) >= 11 is 0. The molecule has 0 spiro atoms. The highest BCUT2D eigenvalue weighted by atomic mass is 32.2. The molecule has 0 atom stereocenters. The topological polar surface area (TPSA) is 70.0 Å². The van der Waals surface area contributed by atoms with Crippen molar-refractivity contribution in [1.29, 1.82) is 5.26 Å². The molecule has 0 fully saturated rings. The molecular formula is C10H11N2O2S. The second kappa shape index (κ2) is 4.32. The molecule has 1 aromatic rings. The van der Waals surface area contributed by atoms with Gasteiger partial charge in [-0.3, -0.25) is 4.72 Å². The van der Waals surface area contributed by atoms with Crippen molar-refractivity contribution < 1.29 is 8.42 Å². The number of rotatable bonds is 3. The van der Waals surface area contributed by atoms with Crippen LogP contribution >= 0.6 is 0 Å². The van der Waals surface area contributed by atoms with Crippen LogP contribution in [0.1, 0.15) is 19.4 Å². The average Bonchev–Trinajstić information content (AvgIpc) is 2.18. The molecule has 0 amide bonds. The van der Waals surface area contributed by atoms with Crippen LogP contribution in [-0.4, -0.2) is 13.7 Å². The lowest BCUT2D eigenvalue weighted by Crippen LogP contribution is -2.22. The molecule has 4 nitrogen and oxygen atoms in total. The molecule has 0 aromatic heterocycles. The first-order valence-electron chi connectivity index (χ1n) is 4.39. The van der Waals surface area contributed by atoms with E-state index in [-0.39, 0.29) is 11.3 Å². The summed E-state index contributed by atoms with van der Waals surface area (Å²) in [7, 11) is -3.40. The number of anilines is 1. The number of benzene rings is 1. The molecular weight excluding hydrogens is 212 g/mol. The Morgan fingerprint density at radius 3 is 2.73 bits per heavy atom. The summed E-state index contributed by atoms with van der Waals surface area (Å²) in [5, 5.41) is 8.22. The molecule has 1 aromatic carbocycles. The standard InChI is InChI=1S/C10H11N2O2S/c1-8(2)15(13,14)12-10-6-4-3-5-9(10)7-11/h3,5-6,8,12H,1-2H3. The van der Waals surface area contributed by atoms with Gasteiger partial charge in [0.25, 0.3) is 0 Å². The Morgan fingerprint density at radius 2 is 2.20 bits per heavy atom. The SMILES string of the molecule is CC(C)S(=O)(=O)Nc1c[c]ccc1C#N. The molecule has 1 radical (unpaired) electrons. The quantitative estimate of drug-likeness (QED) is 0.844. The first-order chi connectivity index (χ1) is 6.97. The largest absolute Gasteiger partial charge is 0.282 e. The van der Waals surface area contributed by atoms with Crippen LogP contribution in [0, 0.1) is 17.4 Å². The predicted molar refractivity (Wildman–Crippen MR) is 57.7 cm³/mol. The summed E-state index contributed by atoms with van der Waals surface area (Å²) < 4.78 is 25.4. The van der Waals surface area contributed by atoms with E-state index in [2.05, 4.69) is 10.8 Å². The second-order valence-corrected chi connectivity index (χ2v) is 5.52. The second-order valence-electron chi connectivity index (χ2n) is 3.28. The number of hydrogen-bond donors (Lipinski definition) is 1. The zero-order valence-corrected chi connectivity index (χ0v) is 9.30. The van der Waals surface area contributed by atoms with Crippen molar-refractivity contribution in [2.45, 2.75) is 19.1 Å². The summed E-state index contributed by atoms with van der Waals surface area (Å²) in [6.45, 7) is 3.14. The first kappa shape index (κ1) is 11.5. The van der Waals surface area contributed by atoms with Gasteiger partial charge in [-0.25, -0.2) is 8.42 Å². The van der Waals surface area contributed by atoms with Crippen LogP contribution in [-0.2, 0) is 10.0 Å². The van der Waals surface area contributed by atoms with Crippen molar-refractivity contribution in [2.24, 2.45) is 0 Å². The van der Waals surface area contributed by atoms with E-state index in [1.165, 1.54) is 12.1 Å². The van der Waals surface area contributed by atoms with Gasteiger partial charge in [-0.15, -0.1) is 0 Å². The molecule has 79 valence electrons. The molecule has 0 aliphatic heterocycles. The van der Waals surface area contributed by atoms with Gasteiger partial charge in [0.15, 0.2) is 0 Å². The highest BCUT2D eigenvalue weighted by Gasteiger charge is 2.16. The molecule has 0 saturated heterocycles. The number of sulfonamides is 1. The summed E-state index contributed by atoms with van der Waals surface area (Å²) in [5.74, 6) is 0. The Balaban J connectivity index is 3.06. The van der Waals surface area contributed by atoms with Crippen molar-refractivity contribution in [2.75, 3.05) is 4.72 Å². The van der Waals surface area contributed by atoms with Crippen LogP contribution in [0.15, 0.2) is 18.2 Å². The fourth-order valence-electron chi connectivity index (χ4n) is 0.883. The van der Waals surface area contributed by atoms with Gasteiger partial charge in [0.05, 0.1) is 16.5 Å². The van der Waals surface area contributed by atoms with Crippen molar-refractivity contribution in [1.82, 2.24) is 0 Å². The van der Waals surface area contributed by atoms with Crippen molar-refractivity contribution in [3.8, 4) is 6.07 Å². The van der Waals surface area contributed by atoms with Crippen molar-refractivity contribution in [3.05, 3.63) is 29.8 Å². The van der Waals surface area contributed by atoms with Crippen LogP contribution in [0.25, 0.3) is 0 Å². The summed E-state index contributed by atoms with van der Waals surface area (Å²) in [5.41, 5.74) is 0.562. The highest BCUT2D eigenvalue weighted by molar-refractivity contribution is 7.93. The van der Waals surface area contributed by atoms with Gasteiger partial charge in [-0.2, -0.15) is 5.26 Å². The molecule has 0 aliphatic rings. The Morgan fingerprint density at radius 1 is 1.53 bits per heavy atom. The van der Waals surface area contributed by atoms with Gasteiger partial charge in [-0.1, -0.05) is 6.07 Å².